The van der Waals surface area contributed by atoms with E-state index in [2.05, 4.69) is 9.97 Å². The fraction of sp³-hybridized carbons (Fsp3) is 0. The summed E-state index contributed by atoms with van der Waals surface area (Å²) in [6.45, 7) is 0. The molecule has 5 nitrogen and oxygen atoms in total. The number of carbonyl (C=O) groups excluding carboxylic acids is 1. The monoisotopic (exact) mass is 238 g/mol. The Balaban J connectivity index is 2.16. The third kappa shape index (κ3) is 1.62. The second-order valence-corrected chi connectivity index (χ2v) is 3.90. The predicted molar refractivity (Wildman–Crippen MR) is 67.9 cm³/mol. The Morgan fingerprint density at radius 2 is 1.94 bits per heavy atom. The SMILES string of the molecule is NC(=O)n1ccc2cc(-c3ccncc3)cnc21. The van der Waals surface area contributed by atoms with Gasteiger partial charge in [-0.2, -0.15) is 0 Å². The van der Waals surface area contributed by atoms with Crippen molar-refractivity contribution in [3.63, 3.8) is 0 Å². The fourth-order valence-electron chi connectivity index (χ4n) is 1.90. The molecule has 0 radical (unpaired) electrons. The highest BCUT2D eigenvalue weighted by Gasteiger charge is 2.07. The fourth-order valence-corrected chi connectivity index (χ4v) is 1.90. The van der Waals surface area contributed by atoms with E-state index in [0.29, 0.717) is 5.65 Å². The number of nitrogens with two attached hydrogens (primary N) is 1. The first kappa shape index (κ1) is 10.5. The minimum absolute atomic E-state index is 0.533. The average molecular weight is 238 g/mol. The molecule has 0 aliphatic carbocycles. The van der Waals surface area contributed by atoms with Gasteiger partial charge in [-0.3, -0.25) is 9.55 Å². The maximum atomic E-state index is 11.2. The van der Waals surface area contributed by atoms with Gasteiger partial charge in [0.15, 0.2) is 0 Å². The summed E-state index contributed by atoms with van der Waals surface area (Å²) in [5.41, 5.74) is 7.83. The first-order chi connectivity index (χ1) is 8.75. The molecular formula is C13H10N4O. The van der Waals surface area contributed by atoms with E-state index in [1.807, 2.05) is 24.3 Å². The van der Waals surface area contributed by atoms with Crippen LogP contribution in [-0.4, -0.2) is 20.6 Å². The number of hydrogen-bond acceptors (Lipinski definition) is 3. The summed E-state index contributed by atoms with van der Waals surface area (Å²) in [7, 11) is 0. The van der Waals surface area contributed by atoms with Crippen LogP contribution in [0.5, 0.6) is 0 Å². The second-order valence-electron chi connectivity index (χ2n) is 3.90. The van der Waals surface area contributed by atoms with Gasteiger partial charge >= 0.3 is 6.03 Å². The first-order valence-electron chi connectivity index (χ1n) is 5.43. The smallest absolute Gasteiger partial charge is 0.324 e. The molecule has 88 valence electrons. The van der Waals surface area contributed by atoms with Crippen molar-refractivity contribution in [2.45, 2.75) is 0 Å². The van der Waals surface area contributed by atoms with Crippen LogP contribution in [0, 0.1) is 0 Å². The van der Waals surface area contributed by atoms with Crippen molar-refractivity contribution in [2.75, 3.05) is 0 Å². The molecule has 0 saturated carbocycles. The zero-order valence-electron chi connectivity index (χ0n) is 9.45. The first-order valence-corrected chi connectivity index (χ1v) is 5.43. The lowest BCUT2D eigenvalue weighted by molar-refractivity contribution is 0.251. The topological polar surface area (TPSA) is 73.8 Å². The summed E-state index contributed by atoms with van der Waals surface area (Å²) >= 11 is 0. The third-order valence-electron chi connectivity index (χ3n) is 2.78. The van der Waals surface area contributed by atoms with E-state index in [0.717, 1.165) is 16.5 Å². The Hall–Kier alpha value is -2.69. The Bertz CT molecular complexity index is 718. The van der Waals surface area contributed by atoms with Gasteiger partial charge in [0.25, 0.3) is 0 Å². The van der Waals surface area contributed by atoms with Gasteiger partial charge in [-0.15, -0.1) is 0 Å². The molecule has 0 saturated heterocycles. The van der Waals surface area contributed by atoms with Crippen LogP contribution in [0.15, 0.2) is 49.1 Å². The third-order valence-corrected chi connectivity index (χ3v) is 2.78. The van der Waals surface area contributed by atoms with Gasteiger partial charge in [-0.05, 0) is 29.8 Å². The van der Waals surface area contributed by atoms with E-state index >= 15 is 0 Å². The summed E-state index contributed by atoms with van der Waals surface area (Å²) in [5.74, 6) is 0. The summed E-state index contributed by atoms with van der Waals surface area (Å²) in [4.78, 5) is 19.4. The molecule has 0 bridgehead atoms. The second kappa shape index (κ2) is 3.96. The molecule has 0 atom stereocenters. The van der Waals surface area contributed by atoms with Gasteiger partial charge in [0.05, 0.1) is 0 Å². The lowest BCUT2D eigenvalue weighted by Crippen LogP contribution is -2.18. The summed E-state index contributed by atoms with van der Waals surface area (Å²) in [5, 5.41) is 0.878. The molecule has 5 heteroatoms. The summed E-state index contributed by atoms with van der Waals surface area (Å²) in [6, 6.07) is 7.07. The van der Waals surface area contributed by atoms with Gasteiger partial charge in [0.1, 0.15) is 5.65 Å². The van der Waals surface area contributed by atoms with E-state index in [1.165, 1.54) is 4.57 Å². The Morgan fingerprint density at radius 3 is 2.67 bits per heavy atom. The van der Waals surface area contributed by atoms with Crippen molar-refractivity contribution in [3.05, 3.63) is 49.1 Å². The molecule has 0 aliphatic rings. The molecular weight excluding hydrogens is 228 g/mol. The quantitative estimate of drug-likeness (QED) is 0.704. The van der Waals surface area contributed by atoms with Crippen molar-refractivity contribution in [3.8, 4) is 11.1 Å². The van der Waals surface area contributed by atoms with Crippen molar-refractivity contribution in [1.82, 2.24) is 14.5 Å². The number of fused-ring (bicyclic) bond motifs is 1. The Labute approximate surface area is 103 Å². The van der Waals surface area contributed by atoms with Gasteiger partial charge in [0.2, 0.25) is 0 Å². The number of rotatable bonds is 1. The van der Waals surface area contributed by atoms with Crippen LogP contribution in [0.4, 0.5) is 4.79 Å². The Morgan fingerprint density at radius 1 is 1.17 bits per heavy atom. The highest BCUT2D eigenvalue weighted by atomic mass is 16.2. The molecule has 2 N–H and O–H groups in total. The number of carbonyl (C=O) groups is 1. The highest BCUT2D eigenvalue weighted by Crippen LogP contribution is 2.22. The van der Waals surface area contributed by atoms with Crippen LogP contribution in [0.1, 0.15) is 0 Å². The van der Waals surface area contributed by atoms with E-state index < -0.39 is 6.03 Å². The number of hydrogen-bond donors (Lipinski definition) is 1. The minimum atomic E-state index is -0.533. The van der Waals surface area contributed by atoms with Crippen molar-refractivity contribution in [2.24, 2.45) is 5.73 Å². The molecule has 3 aromatic heterocycles. The van der Waals surface area contributed by atoms with E-state index in [1.54, 1.807) is 24.8 Å². The summed E-state index contributed by atoms with van der Waals surface area (Å²) < 4.78 is 1.33. The molecule has 0 fully saturated rings. The molecule has 0 aromatic carbocycles. The van der Waals surface area contributed by atoms with Gasteiger partial charge in [-0.1, -0.05) is 0 Å². The number of primary amides is 1. The van der Waals surface area contributed by atoms with Crippen LogP contribution in [0.3, 0.4) is 0 Å². The zero-order valence-corrected chi connectivity index (χ0v) is 9.45. The van der Waals surface area contributed by atoms with Crippen molar-refractivity contribution >= 4 is 17.1 Å². The maximum Gasteiger partial charge on any atom is 0.324 e. The normalized spacial score (nSPS) is 10.7. The maximum absolute atomic E-state index is 11.2. The average Bonchev–Trinajstić information content (AvgIpc) is 2.82. The largest absolute Gasteiger partial charge is 0.351 e. The van der Waals surface area contributed by atoms with Crippen molar-refractivity contribution in [1.29, 1.82) is 0 Å². The lowest BCUT2D eigenvalue weighted by atomic mass is 10.1. The van der Waals surface area contributed by atoms with E-state index in [9.17, 15) is 4.79 Å². The van der Waals surface area contributed by atoms with Crippen molar-refractivity contribution < 1.29 is 4.79 Å². The van der Waals surface area contributed by atoms with Crippen LogP contribution in [0.25, 0.3) is 22.2 Å². The predicted octanol–water partition coefficient (Wildman–Crippen LogP) is 2.03. The number of pyridine rings is 2. The van der Waals surface area contributed by atoms with Gasteiger partial charge in [-0.25, -0.2) is 9.78 Å². The molecule has 3 rings (SSSR count). The zero-order chi connectivity index (χ0) is 12.5. The van der Waals surface area contributed by atoms with E-state index in [4.69, 9.17) is 5.73 Å². The minimum Gasteiger partial charge on any atom is -0.351 e. The molecule has 3 heterocycles. The van der Waals surface area contributed by atoms with Gasteiger partial charge in [0, 0.05) is 35.7 Å². The molecule has 1 amide bonds. The summed E-state index contributed by atoms with van der Waals surface area (Å²) in [6.07, 6.45) is 6.80. The lowest BCUT2D eigenvalue weighted by Gasteiger charge is -2.02. The molecule has 0 aliphatic heterocycles. The van der Waals surface area contributed by atoms with Crippen LogP contribution in [0.2, 0.25) is 0 Å². The molecule has 0 spiro atoms. The van der Waals surface area contributed by atoms with Gasteiger partial charge < -0.3 is 5.73 Å². The van der Waals surface area contributed by atoms with Crippen LogP contribution in [-0.2, 0) is 0 Å². The van der Waals surface area contributed by atoms with Crippen LogP contribution >= 0.6 is 0 Å². The number of nitrogens with zero attached hydrogens (tertiary/aromatic N) is 3. The number of amides is 1. The standard InChI is InChI=1S/C13H10N4O/c14-13(18)17-6-3-10-7-11(8-16-12(10)17)9-1-4-15-5-2-9/h1-8H,(H2,14,18). The van der Waals surface area contributed by atoms with E-state index in [-0.39, 0.29) is 0 Å². The molecule has 18 heavy (non-hydrogen) atoms. The number of aromatic nitrogens is 3. The Kier molecular flexibility index (Phi) is 2.30. The molecule has 0 unspecified atom stereocenters. The highest BCUT2D eigenvalue weighted by molar-refractivity contribution is 5.90. The van der Waals surface area contributed by atoms with Crippen LogP contribution < -0.4 is 5.73 Å². The molecule has 3 aromatic rings.